The molecule has 0 aliphatic heterocycles. The number of hydrogen-bond acceptors (Lipinski definition) is 5. The molecule has 0 saturated heterocycles. The first-order valence-corrected chi connectivity index (χ1v) is 9.24. The smallest absolute Gasteiger partial charge is 0.279 e. The number of amides is 2. The Hall–Kier alpha value is -3.22. The van der Waals surface area contributed by atoms with Crippen LogP contribution in [0.5, 0.6) is 17.2 Å². The summed E-state index contributed by atoms with van der Waals surface area (Å²) in [4.78, 5) is 24.6. The second kappa shape index (κ2) is 9.32. The van der Waals surface area contributed by atoms with Gasteiger partial charge in [-0.2, -0.15) is 0 Å². The number of hydrogen-bond donors (Lipinski definition) is 2. The van der Waals surface area contributed by atoms with E-state index in [0.29, 0.717) is 17.2 Å². The summed E-state index contributed by atoms with van der Waals surface area (Å²) in [6, 6.07) is 12.3. The van der Waals surface area contributed by atoms with Crippen molar-refractivity contribution in [1.29, 1.82) is 0 Å². The Kier molecular flexibility index (Phi) is 7.09. The van der Waals surface area contributed by atoms with Crippen LogP contribution in [0.4, 0.5) is 0 Å². The number of hydrazine groups is 1. The Labute approximate surface area is 171 Å². The van der Waals surface area contributed by atoms with Gasteiger partial charge < -0.3 is 14.2 Å². The molecule has 2 amide bonds. The van der Waals surface area contributed by atoms with Crippen molar-refractivity contribution in [1.82, 2.24) is 10.9 Å². The average molecular weight is 400 g/mol. The minimum absolute atomic E-state index is 0.0363. The number of carbonyl (C=O) groups excluding carboxylic acids is 2. The second-order valence-corrected chi connectivity index (χ2v) is 7.58. The van der Waals surface area contributed by atoms with E-state index in [1.54, 1.807) is 25.1 Å². The first kappa shape index (κ1) is 22.1. The van der Waals surface area contributed by atoms with Crippen LogP contribution in [0.15, 0.2) is 42.5 Å². The molecule has 0 bridgehead atoms. The van der Waals surface area contributed by atoms with Gasteiger partial charge in [0.25, 0.3) is 11.8 Å². The zero-order valence-corrected chi connectivity index (χ0v) is 17.7. The maximum absolute atomic E-state index is 12.3. The number of nitrogens with one attached hydrogen (secondary N) is 2. The first-order chi connectivity index (χ1) is 13.6. The van der Waals surface area contributed by atoms with Gasteiger partial charge in [-0.05, 0) is 42.2 Å². The van der Waals surface area contributed by atoms with Gasteiger partial charge in [-0.3, -0.25) is 20.4 Å². The molecule has 0 radical (unpaired) electrons. The summed E-state index contributed by atoms with van der Waals surface area (Å²) in [5.41, 5.74) is 6.22. The Balaban J connectivity index is 1.94. The van der Waals surface area contributed by atoms with Crippen LogP contribution < -0.4 is 25.1 Å². The Bertz CT molecular complexity index is 834. The molecule has 0 saturated carbocycles. The van der Waals surface area contributed by atoms with Gasteiger partial charge in [-0.25, -0.2) is 0 Å². The predicted octanol–water partition coefficient (Wildman–Crippen LogP) is 3.23. The summed E-state index contributed by atoms with van der Waals surface area (Å²) in [5.74, 6) is 0.530. The van der Waals surface area contributed by atoms with Crippen LogP contribution in [-0.2, 0) is 10.2 Å². The summed E-state index contributed by atoms with van der Waals surface area (Å²) < 4.78 is 15.9. The Morgan fingerprint density at radius 1 is 0.862 bits per heavy atom. The Morgan fingerprint density at radius 3 is 1.90 bits per heavy atom. The maximum Gasteiger partial charge on any atom is 0.279 e. The molecule has 0 aromatic heterocycles. The fourth-order valence-corrected chi connectivity index (χ4v) is 2.52. The van der Waals surface area contributed by atoms with E-state index in [0.717, 1.165) is 0 Å². The maximum atomic E-state index is 12.3. The molecule has 29 heavy (non-hydrogen) atoms. The highest BCUT2D eigenvalue weighted by atomic mass is 16.5. The Morgan fingerprint density at radius 2 is 1.41 bits per heavy atom. The first-order valence-electron chi connectivity index (χ1n) is 9.24. The fraction of sp³-hybridized carbons (Fsp3) is 0.364. The van der Waals surface area contributed by atoms with Gasteiger partial charge in [-0.1, -0.05) is 32.9 Å². The second-order valence-electron chi connectivity index (χ2n) is 7.58. The molecule has 0 heterocycles. The third-order valence-corrected chi connectivity index (χ3v) is 4.32. The number of carbonyl (C=O) groups is 2. The number of rotatable bonds is 6. The highest BCUT2D eigenvalue weighted by Crippen LogP contribution is 2.25. The molecule has 2 aromatic carbocycles. The van der Waals surface area contributed by atoms with E-state index in [1.165, 1.54) is 19.8 Å². The quantitative estimate of drug-likeness (QED) is 0.727. The minimum atomic E-state index is -0.796. The highest BCUT2D eigenvalue weighted by Gasteiger charge is 2.18. The topological polar surface area (TPSA) is 85.9 Å². The molecular formula is C22H28N2O5. The van der Waals surface area contributed by atoms with Gasteiger partial charge in [0.05, 0.1) is 14.2 Å². The van der Waals surface area contributed by atoms with Crippen molar-refractivity contribution < 1.29 is 23.8 Å². The summed E-state index contributed by atoms with van der Waals surface area (Å²) in [7, 11) is 2.98. The lowest BCUT2D eigenvalue weighted by atomic mass is 9.87. The molecule has 2 aromatic rings. The number of ether oxygens (including phenoxy) is 3. The highest BCUT2D eigenvalue weighted by molar-refractivity contribution is 5.96. The number of benzene rings is 2. The third-order valence-electron chi connectivity index (χ3n) is 4.32. The number of methoxy groups -OCH3 is 2. The molecular weight excluding hydrogens is 372 g/mol. The van der Waals surface area contributed by atoms with Crippen molar-refractivity contribution in [2.24, 2.45) is 0 Å². The third kappa shape index (κ3) is 6.14. The van der Waals surface area contributed by atoms with Gasteiger partial charge >= 0.3 is 0 Å². The molecule has 156 valence electrons. The summed E-state index contributed by atoms with van der Waals surface area (Å²) in [5, 5.41) is 0. The molecule has 0 unspecified atom stereocenters. The SMILES string of the molecule is COc1cc(OC)cc(C(=O)NNC(=O)[C@@H](C)Oc2ccc(C(C)(C)C)cc2)c1. The normalized spacial score (nSPS) is 11.9. The van der Waals surface area contributed by atoms with Crippen molar-refractivity contribution in [3.8, 4) is 17.2 Å². The van der Waals surface area contributed by atoms with E-state index < -0.39 is 17.9 Å². The summed E-state index contributed by atoms with van der Waals surface area (Å²) in [6.07, 6.45) is -0.796. The molecule has 1 atom stereocenters. The van der Waals surface area contributed by atoms with E-state index in [1.807, 2.05) is 24.3 Å². The molecule has 7 nitrogen and oxygen atoms in total. The lowest BCUT2D eigenvalue weighted by Crippen LogP contribution is -2.47. The monoisotopic (exact) mass is 400 g/mol. The van der Waals surface area contributed by atoms with Crippen LogP contribution in [-0.4, -0.2) is 32.1 Å². The van der Waals surface area contributed by atoms with E-state index >= 15 is 0 Å². The standard InChI is InChI=1S/C22H28N2O5/c1-14(29-17-9-7-16(8-10-17)22(2,3)4)20(25)23-24-21(26)15-11-18(27-5)13-19(12-15)28-6/h7-14H,1-6H3,(H,23,25)(H,24,26)/t14-/m1/s1. The van der Waals surface area contributed by atoms with Crippen LogP contribution in [0, 0.1) is 0 Å². The molecule has 0 aliphatic rings. The van der Waals surface area contributed by atoms with Crippen LogP contribution in [0.3, 0.4) is 0 Å². The summed E-state index contributed by atoms with van der Waals surface area (Å²) in [6.45, 7) is 7.98. The van der Waals surface area contributed by atoms with Crippen LogP contribution in [0.25, 0.3) is 0 Å². The lowest BCUT2D eigenvalue weighted by Gasteiger charge is -2.20. The van der Waals surface area contributed by atoms with Crippen molar-refractivity contribution in [2.45, 2.75) is 39.2 Å². The minimum Gasteiger partial charge on any atom is -0.497 e. The van der Waals surface area contributed by atoms with Crippen molar-refractivity contribution in [2.75, 3.05) is 14.2 Å². The summed E-state index contributed by atoms with van der Waals surface area (Å²) >= 11 is 0. The van der Waals surface area contributed by atoms with E-state index in [-0.39, 0.29) is 11.0 Å². The molecule has 7 heteroatoms. The van der Waals surface area contributed by atoms with E-state index in [2.05, 4.69) is 31.6 Å². The molecule has 0 spiro atoms. The largest absolute Gasteiger partial charge is 0.497 e. The molecule has 0 fully saturated rings. The fourth-order valence-electron chi connectivity index (χ4n) is 2.52. The molecule has 2 rings (SSSR count). The van der Waals surface area contributed by atoms with Gasteiger partial charge in [0.1, 0.15) is 17.2 Å². The average Bonchev–Trinajstić information content (AvgIpc) is 2.70. The molecule has 2 N–H and O–H groups in total. The predicted molar refractivity (Wildman–Crippen MR) is 110 cm³/mol. The van der Waals surface area contributed by atoms with Crippen LogP contribution in [0.1, 0.15) is 43.6 Å². The molecule has 0 aliphatic carbocycles. The van der Waals surface area contributed by atoms with E-state index in [4.69, 9.17) is 14.2 Å². The van der Waals surface area contributed by atoms with Gasteiger partial charge in [-0.15, -0.1) is 0 Å². The zero-order chi connectivity index (χ0) is 21.6. The zero-order valence-electron chi connectivity index (χ0n) is 17.7. The van der Waals surface area contributed by atoms with Crippen LogP contribution in [0.2, 0.25) is 0 Å². The van der Waals surface area contributed by atoms with Crippen molar-refractivity contribution in [3.63, 3.8) is 0 Å². The van der Waals surface area contributed by atoms with Crippen molar-refractivity contribution in [3.05, 3.63) is 53.6 Å². The van der Waals surface area contributed by atoms with E-state index in [9.17, 15) is 9.59 Å². The van der Waals surface area contributed by atoms with Gasteiger partial charge in [0.2, 0.25) is 0 Å². The van der Waals surface area contributed by atoms with Gasteiger partial charge in [0, 0.05) is 11.6 Å². The van der Waals surface area contributed by atoms with Crippen LogP contribution >= 0.6 is 0 Å². The van der Waals surface area contributed by atoms with Gasteiger partial charge in [0.15, 0.2) is 6.10 Å². The lowest BCUT2D eigenvalue weighted by molar-refractivity contribution is -0.128. The van der Waals surface area contributed by atoms with Crippen molar-refractivity contribution >= 4 is 11.8 Å².